The zero-order valence-corrected chi connectivity index (χ0v) is 35.4. The lowest BCUT2D eigenvalue weighted by molar-refractivity contribution is 0.669. The van der Waals surface area contributed by atoms with Gasteiger partial charge in [0.25, 0.3) is 0 Å². The van der Waals surface area contributed by atoms with Crippen LogP contribution >= 0.6 is 0 Å². The van der Waals surface area contributed by atoms with E-state index >= 15 is 0 Å². The summed E-state index contributed by atoms with van der Waals surface area (Å²) in [6, 6.07) is 87.0. The Morgan fingerprint density at radius 1 is 0.308 bits per heavy atom. The van der Waals surface area contributed by atoms with Gasteiger partial charge in [-0.2, -0.15) is 0 Å². The van der Waals surface area contributed by atoms with E-state index in [1.165, 1.54) is 88.3 Å². The van der Waals surface area contributed by atoms with E-state index < -0.39 is 5.41 Å². The first-order valence-electron chi connectivity index (χ1n) is 22.5. The summed E-state index contributed by atoms with van der Waals surface area (Å²) in [5, 5.41) is 7.08. The second-order valence-corrected chi connectivity index (χ2v) is 17.5. The number of nitrogens with zero attached hydrogens (tertiary/aromatic N) is 1. The van der Waals surface area contributed by atoms with Crippen molar-refractivity contribution < 1.29 is 4.42 Å². The molecule has 12 aromatic rings. The highest BCUT2D eigenvalue weighted by atomic mass is 16.3. The third kappa shape index (κ3) is 5.05. The summed E-state index contributed by atoms with van der Waals surface area (Å²) >= 11 is 0. The predicted molar refractivity (Wildman–Crippen MR) is 271 cm³/mol. The van der Waals surface area contributed by atoms with Crippen LogP contribution < -0.4 is 4.90 Å². The smallest absolute Gasteiger partial charge is 0.137 e. The molecule has 0 saturated heterocycles. The zero-order chi connectivity index (χ0) is 42.6. The molecule has 1 aromatic heterocycles. The van der Waals surface area contributed by atoms with E-state index in [2.05, 4.69) is 241 Å². The van der Waals surface area contributed by atoms with Gasteiger partial charge in [0.15, 0.2) is 0 Å². The number of hydrogen-bond acceptors (Lipinski definition) is 2. The first-order valence-corrected chi connectivity index (χ1v) is 22.5. The fraction of sp³-hybridized carbons (Fsp3) is 0.0159. The molecule has 0 bridgehead atoms. The summed E-state index contributed by atoms with van der Waals surface area (Å²) < 4.78 is 6.71. The number of fused-ring (bicyclic) bond motifs is 16. The normalized spacial score (nSPS) is 13.0. The van der Waals surface area contributed by atoms with Crippen molar-refractivity contribution in [2.45, 2.75) is 5.41 Å². The highest BCUT2D eigenvalue weighted by Gasteiger charge is 2.51. The lowest BCUT2D eigenvalue weighted by Crippen LogP contribution is -2.25. The van der Waals surface area contributed by atoms with Gasteiger partial charge in [-0.1, -0.05) is 194 Å². The summed E-state index contributed by atoms with van der Waals surface area (Å²) in [4.78, 5) is 2.45. The highest BCUT2D eigenvalue weighted by molar-refractivity contribution is 6.23. The maximum Gasteiger partial charge on any atom is 0.137 e. The molecule has 14 rings (SSSR count). The minimum Gasteiger partial charge on any atom is -0.456 e. The quantitative estimate of drug-likeness (QED) is 0.172. The van der Waals surface area contributed by atoms with Crippen molar-refractivity contribution in [2.24, 2.45) is 0 Å². The molecule has 2 nitrogen and oxygen atoms in total. The predicted octanol–water partition coefficient (Wildman–Crippen LogP) is 17.0. The first kappa shape index (κ1) is 36.1. The lowest BCUT2D eigenvalue weighted by atomic mass is 9.70. The van der Waals surface area contributed by atoms with Crippen molar-refractivity contribution in [1.82, 2.24) is 0 Å². The van der Waals surface area contributed by atoms with Crippen molar-refractivity contribution in [3.8, 4) is 44.5 Å². The average Bonchev–Trinajstić information content (AvgIpc) is 4.01. The van der Waals surface area contributed by atoms with E-state index in [9.17, 15) is 0 Å². The number of anilines is 3. The van der Waals surface area contributed by atoms with Crippen LogP contribution in [0.25, 0.3) is 88.0 Å². The Balaban J connectivity index is 1.01. The Bertz CT molecular complexity index is 3840. The van der Waals surface area contributed by atoms with Crippen LogP contribution in [0.5, 0.6) is 0 Å². The molecule has 2 aliphatic carbocycles. The van der Waals surface area contributed by atoms with Gasteiger partial charge in [-0.3, -0.25) is 0 Å². The minimum atomic E-state index is -0.416. The highest BCUT2D eigenvalue weighted by Crippen LogP contribution is 2.63. The molecular formula is C63H39NO. The topological polar surface area (TPSA) is 16.4 Å². The van der Waals surface area contributed by atoms with Gasteiger partial charge in [-0.15, -0.1) is 0 Å². The Labute approximate surface area is 376 Å². The summed E-state index contributed by atoms with van der Waals surface area (Å²) in [5.41, 5.74) is 19.9. The third-order valence-corrected chi connectivity index (χ3v) is 14.3. The fourth-order valence-corrected chi connectivity index (χ4v) is 11.6. The molecule has 0 N–H and O–H groups in total. The van der Waals surface area contributed by atoms with Gasteiger partial charge in [0, 0.05) is 16.8 Å². The first-order chi connectivity index (χ1) is 32.3. The molecule has 0 fully saturated rings. The Morgan fingerprint density at radius 3 is 1.54 bits per heavy atom. The Morgan fingerprint density at radius 2 is 0.831 bits per heavy atom. The van der Waals surface area contributed by atoms with E-state index in [1.54, 1.807) is 0 Å². The Hall–Kier alpha value is -8.46. The summed E-state index contributed by atoms with van der Waals surface area (Å²) in [5.74, 6) is 0. The number of benzene rings is 11. The lowest BCUT2D eigenvalue weighted by Gasteiger charge is -2.31. The molecule has 1 heterocycles. The van der Waals surface area contributed by atoms with E-state index in [0.29, 0.717) is 0 Å². The molecule has 2 aliphatic rings. The van der Waals surface area contributed by atoms with Crippen LogP contribution in [-0.2, 0) is 5.41 Å². The molecule has 0 atom stereocenters. The molecule has 2 heteroatoms. The van der Waals surface area contributed by atoms with Crippen LogP contribution in [0.3, 0.4) is 0 Å². The molecular weight excluding hydrogens is 787 g/mol. The van der Waals surface area contributed by atoms with Gasteiger partial charge < -0.3 is 9.32 Å². The van der Waals surface area contributed by atoms with Crippen molar-refractivity contribution in [3.05, 3.63) is 259 Å². The molecule has 65 heavy (non-hydrogen) atoms. The van der Waals surface area contributed by atoms with E-state index in [0.717, 1.165) is 39.0 Å². The monoisotopic (exact) mass is 825 g/mol. The maximum absolute atomic E-state index is 6.71. The van der Waals surface area contributed by atoms with Gasteiger partial charge in [-0.25, -0.2) is 0 Å². The van der Waals surface area contributed by atoms with Gasteiger partial charge in [0.2, 0.25) is 0 Å². The van der Waals surface area contributed by atoms with Crippen LogP contribution in [0.2, 0.25) is 0 Å². The standard InChI is InChI=1S/C63H39NO/c1-2-15-40(16-3-1)46-24-12-18-43-19-13-25-47(60(43)46)42-31-34-44(35-32-42)64(57-29-14-30-58-62(57)61-48-20-5-4-17-41(48)33-38-59(61)65-58)45-36-37-56-52(39-45)51-23-8-11-28-55(51)63(56)53-26-9-6-21-49(53)50-22-7-10-27-54(50)63/h1-39H. The summed E-state index contributed by atoms with van der Waals surface area (Å²) in [6.45, 7) is 0. The molecule has 11 aromatic carbocycles. The van der Waals surface area contributed by atoms with Crippen LogP contribution in [-0.4, -0.2) is 0 Å². The number of furan rings is 1. The van der Waals surface area contributed by atoms with Crippen molar-refractivity contribution in [3.63, 3.8) is 0 Å². The van der Waals surface area contributed by atoms with Gasteiger partial charge in [0.1, 0.15) is 11.2 Å². The van der Waals surface area contributed by atoms with Crippen molar-refractivity contribution in [1.29, 1.82) is 0 Å². The van der Waals surface area contributed by atoms with Gasteiger partial charge in [-0.05, 0) is 131 Å². The molecule has 0 amide bonds. The van der Waals surface area contributed by atoms with Crippen LogP contribution in [0.4, 0.5) is 17.1 Å². The second kappa shape index (κ2) is 13.8. The molecule has 0 saturated carbocycles. The second-order valence-electron chi connectivity index (χ2n) is 17.5. The largest absolute Gasteiger partial charge is 0.456 e. The molecule has 1 spiro atoms. The van der Waals surface area contributed by atoms with Crippen molar-refractivity contribution >= 4 is 60.5 Å². The average molecular weight is 826 g/mol. The van der Waals surface area contributed by atoms with Gasteiger partial charge >= 0.3 is 0 Å². The van der Waals surface area contributed by atoms with Crippen LogP contribution in [0.15, 0.2) is 241 Å². The number of rotatable bonds is 5. The van der Waals surface area contributed by atoms with E-state index in [-0.39, 0.29) is 0 Å². The van der Waals surface area contributed by atoms with Gasteiger partial charge in [0.05, 0.1) is 16.5 Å². The summed E-state index contributed by atoms with van der Waals surface area (Å²) in [6.07, 6.45) is 0. The van der Waals surface area contributed by atoms with E-state index in [1.807, 2.05) is 0 Å². The van der Waals surface area contributed by atoms with Crippen LogP contribution in [0.1, 0.15) is 22.3 Å². The Kier molecular flexibility index (Phi) is 7.64. The molecule has 0 aliphatic heterocycles. The zero-order valence-electron chi connectivity index (χ0n) is 35.4. The van der Waals surface area contributed by atoms with E-state index in [4.69, 9.17) is 4.42 Å². The minimum absolute atomic E-state index is 0.416. The maximum atomic E-state index is 6.71. The SMILES string of the molecule is c1ccc(-c2cccc3cccc(-c4ccc(N(c5ccc6c(c5)-c5ccccc5C65c6ccccc6-c6ccccc65)c5cccc6oc7ccc8ccccc8c7c56)cc4)c23)cc1. The molecule has 0 unspecified atom stereocenters. The van der Waals surface area contributed by atoms with Crippen LogP contribution in [0, 0.1) is 0 Å². The summed E-state index contributed by atoms with van der Waals surface area (Å²) in [7, 11) is 0. The molecule has 0 radical (unpaired) electrons. The number of hydrogen-bond donors (Lipinski definition) is 0. The fourth-order valence-electron chi connectivity index (χ4n) is 11.6. The molecule has 302 valence electrons. The van der Waals surface area contributed by atoms with Crippen molar-refractivity contribution in [2.75, 3.05) is 4.90 Å². The third-order valence-electron chi connectivity index (χ3n) is 14.3.